The average molecular weight is 697 g/mol. The Hall–Kier alpha value is -1.25. The molecule has 3 aliphatic heterocycles. The summed E-state index contributed by atoms with van der Waals surface area (Å²) in [7, 11) is 0. The number of ether oxygens (including phenoxy) is 6. The summed E-state index contributed by atoms with van der Waals surface area (Å²) in [6.07, 6.45) is -17.0. The zero-order valence-corrected chi connectivity index (χ0v) is 26.4. The number of hydrogen-bond acceptors (Lipinski definition) is 19. The van der Waals surface area contributed by atoms with Crippen molar-refractivity contribution < 1.29 is 69.0 Å². The third-order valence-electron chi connectivity index (χ3n) is 10.1. The van der Waals surface area contributed by atoms with E-state index in [0.29, 0.717) is 6.42 Å². The van der Waals surface area contributed by atoms with E-state index in [9.17, 15) is 40.5 Å². The molecular formula is C28H52N6O14. The second kappa shape index (κ2) is 15.6. The zero-order valence-electron chi connectivity index (χ0n) is 26.4. The summed E-state index contributed by atoms with van der Waals surface area (Å²) >= 11 is 0. The highest BCUT2D eigenvalue weighted by atomic mass is 16.8. The minimum absolute atomic E-state index is 0.0369. The van der Waals surface area contributed by atoms with Crippen molar-refractivity contribution in [2.24, 2.45) is 28.7 Å². The van der Waals surface area contributed by atoms with Gasteiger partial charge in [-0.3, -0.25) is 4.79 Å². The number of rotatable bonds is 11. The van der Waals surface area contributed by atoms with Gasteiger partial charge < -0.3 is 98.2 Å². The van der Waals surface area contributed by atoms with E-state index in [1.807, 2.05) is 0 Å². The molecular weight excluding hydrogens is 644 g/mol. The first-order chi connectivity index (χ1) is 22.7. The smallest absolute Gasteiger partial charge is 0.252 e. The summed E-state index contributed by atoms with van der Waals surface area (Å²) < 4.78 is 35.4. The molecule has 2 saturated carbocycles. The monoisotopic (exact) mass is 696 g/mol. The number of nitrogens with one attached hydrogen (secondary N) is 1. The van der Waals surface area contributed by atoms with Crippen LogP contribution in [0.3, 0.4) is 0 Å². The maximum atomic E-state index is 12.9. The largest absolute Gasteiger partial charge is 0.394 e. The molecule has 5 aliphatic rings. The fourth-order valence-corrected chi connectivity index (χ4v) is 6.84. The van der Waals surface area contributed by atoms with Crippen molar-refractivity contribution in [2.45, 2.75) is 148 Å². The maximum absolute atomic E-state index is 12.9. The Morgan fingerprint density at radius 3 is 1.98 bits per heavy atom. The van der Waals surface area contributed by atoms with Gasteiger partial charge in [0.15, 0.2) is 18.9 Å². The van der Waals surface area contributed by atoms with Gasteiger partial charge in [0.25, 0.3) is 5.91 Å². The van der Waals surface area contributed by atoms with Gasteiger partial charge in [-0.2, -0.15) is 0 Å². The summed E-state index contributed by atoms with van der Waals surface area (Å²) in [5.74, 6) is -0.687. The quantitative estimate of drug-likeness (QED) is 0.0953. The predicted molar refractivity (Wildman–Crippen MR) is 160 cm³/mol. The van der Waals surface area contributed by atoms with Gasteiger partial charge >= 0.3 is 0 Å². The van der Waals surface area contributed by atoms with Crippen molar-refractivity contribution in [3.8, 4) is 0 Å². The Balaban J connectivity index is 1.36. The third kappa shape index (κ3) is 7.52. The van der Waals surface area contributed by atoms with Crippen molar-refractivity contribution in [3.63, 3.8) is 0 Å². The molecule has 2 aliphatic carbocycles. The molecule has 0 aromatic rings. The molecule has 0 unspecified atom stereocenters. The molecule has 0 aromatic carbocycles. The number of aliphatic hydroxyl groups excluding tert-OH is 6. The molecule has 1 amide bonds. The molecule has 5 rings (SSSR count). The summed E-state index contributed by atoms with van der Waals surface area (Å²) in [5, 5.41) is 77.3. The first kappa shape index (κ1) is 38.0. The van der Waals surface area contributed by atoms with E-state index in [1.54, 1.807) is 0 Å². The lowest BCUT2D eigenvalue weighted by atomic mass is 9.78. The Kier molecular flexibility index (Phi) is 12.3. The zero-order chi connectivity index (χ0) is 35.1. The van der Waals surface area contributed by atoms with E-state index in [4.69, 9.17) is 57.1 Å². The summed E-state index contributed by atoms with van der Waals surface area (Å²) in [4.78, 5) is 12.9. The summed E-state index contributed by atoms with van der Waals surface area (Å²) in [6.45, 7) is -0.804. The average Bonchev–Trinajstić information content (AvgIpc) is 3.34. The van der Waals surface area contributed by atoms with E-state index < -0.39 is 128 Å². The topological polar surface area (TPSA) is 356 Å². The Bertz CT molecular complexity index is 1080. The van der Waals surface area contributed by atoms with E-state index in [-0.39, 0.29) is 38.8 Å². The molecule has 5 fully saturated rings. The number of amides is 1. The molecule has 20 nitrogen and oxygen atoms in total. The molecule has 278 valence electrons. The van der Waals surface area contributed by atoms with Crippen LogP contribution in [-0.4, -0.2) is 177 Å². The lowest BCUT2D eigenvalue weighted by Gasteiger charge is -2.47. The lowest BCUT2D eigenvalue weighted by Crippen LogP contribution is -2.68. The van der Waals surface area contributed by atoms with Crippen molar-refractivity contribution in [1.29, 1.82) is 0 Å². The van der Waals surface area contributed by atoms with Gasteiger partial charge in [-0.15, -0.1) is 0 Å². The molecule has 0 spiro atoms. The Morgan fingerprint density at radius 2 is 1.38 bits per heavy atom. The van der Waals surface area contributed by atoms with Gasteiger partial charge in [0.2, 0.25) is 0 Å². The highest BCUT2D eigenvalue weighted by molar-refractivity contribution is 5.86. The third-order valence-corrected chi connectivity index (χ3v) is 10.1. The minimum atomic E-state index is -1.66. The Labute approximate surface area is 276 Å². The van der Waals surface area contributed by atoms with Crippen molar-refractivity contribution in [2.75, 3.05) is 19.7 Å². The second-order valence-corrected chi connectivity index (χ2v) is 13.5. The van der Waals surface area contributed by atoms with Crippen LogP contribution in [-0.2, 0) is 33.2 Å². The first-order valence-corrected chi connectivity index (χ1v) is 16.4. The van der Waals surface area contributed by atoms with Crippen LogP contribution in [0.15, 0.2) is 0 Å². The van der Waals surface area contributed by atoms with Gasteiger partial charge in [-0.25, -0.2) is 0 Å². The van der Waals surface area contributed by atoms with Crippen molar-refractivity contribution in [1.82, 2.24) is 5.32 Å². The summed E-state index contributed by atoms with van der Waals surface area (Å²) in [5.41, 5.74) is 28.6. The number of nitrogens with two attached hydrogens (primary N) is 5. The van der Waals surface area contributed by atoms with Crippen LogP contribution in [0.4, 0.5) is 0 Å². The molecule has 0 radical (unpaired) electrons. The van der Waals surface area contributed by atoms with Crippen molar-refractivity contribution >= 4 is 5.91 Å². The fourth-order valence-electron chi connectivity index (χ4n) is 6.84. The predicted octanol–water partition coefficient (Wildman–Crippen LogP) is -7.79. The van der Waals surface area contributed by atoms with Crippen molar-refractivity contribution in [3.05, 3.63) is 0 Å². The van der Waals surface area contributed by atoms with Crippen LogP contribution in [0.1, 0.15) is 32.1 Å². The lowest BCUT2D eigenvalue weighted by molar-refractivity contribution is -0.295. The minimum Gasteiger partial charge on any atom is -0.394 e. The molecule has 18 N–H and O–H groups in total. The molecule has 0 aromatic heterocycles. The maximum Gasteiger partial charge on any atom is 0.252 e. The highest BCUT2D eigenvalue weighted by Gasteiger charge is 2.55. The van der Waals surface area contributed by atoms with Gasteiger partial charge in [-0.05, 0) is 25.7 Å². The van der Waals surface area contributed by atoms with Crippen LogP contribution < -0.4 is 34.0 Å². The van der Waals surface area contributed by atoms with Gasteiger partial charge in [0.1, 0.15) is 60.5 Å². The Morgan fingerprint density at radius 1 is 0.750 bits per heavy atom. The standard InChI is InChI=1S/C28H52N6O14/c29-6-9-4-12(36)15(32)24(43-9)46-21-10(31)5-11(34-27(41)28(42)2-1-3-28)17(37)23(21)48-26-20(40)22(14(8-35)45-26)47-25-16(33)19(39)18(38)13(7-30)44-25/h9-26,35-40,42H,1-8,29-33H2,(H,34,41)/t9-,10-,11+,12+,13-,14+,15+,16+,17-,18+,19+,20+,21+,22+,23+,24+,25+,26-/m0/s1. The first-order valence-electron chi connectivity index (χ1n) is 16.4. The van der Waals surface area contributed by atoms with E-state index in [1.165, 1.54) is 0 Å². The van der Waals surface area contributed by atoms with Gasteiger partial charge in [0, 0.05) is 25.6 Å². The number of carbonyl (C=O) groups is 1. The second-order valence-electron chi connectivity index (χ2n) is 13.5. The van der Waals surface area contributed by atoms with Crippen LogP contribution in [0.5, 0.6) is 0 Å². The van der Waals surface area contributed by atoms with Gasteiger partial charge in [-0.1, -0.05) is 0 Å². The van der Waals surface area contributed by atoms with Crippen LogP contribution in [0.25, 0.3) is 0 Å². The summed E-state index contributed by atoms with van der Waals surface area (Å²) in [6, 6.07) is -4.30. The number of hydrogen-bond donors (Lipinski definition) is 13. The number of aliphatic hydroxyl groups is 7. The molecule has 18 atom stereocenters. The van der Waals surface area contributed by atoms with Crippen LogP contribution in [0, 0.1) is 0 Å². The normalized spacial score (nSPS) is 49.3. The van der Waals surface area contributed by atoms with Gasteiger partial charge in [0.05, 0.1) is 36.9 Å². The molecule has 3 heterocycles. The van der Waals surface area contributed by atoms with Crippen LogP contribution in [0.2, 0.25) is 0 Å². The molecule has 0 bridgehead atoms. The van der Waals surface area contributed by atoms with E-state index in [0.717, 1.165) is 0 Å². The van der Waals surface area contributed by atoms with E-state index in [2.05, 4.69) is 5.32 Å². The molecule has 20 heteroatoms. The fraction of sp³-hybridized carbons (Fsp3) is 0.964. The SMILES string of the molecule is NC[C@@H]1C[C@@H](O)[C@@H](N)[C@@H](O[C@H]2[C@H](O[C@@H]3O[C@H](CO)[C@@H](O[C@H]4O[C@@H](CN)[C@@H](O)[C@H](O)[C@H]4N)[C@H]3O)[C@@H](O)[C@H](NC(=O)C3(O)CCC3)C[C@@H]2N)O1. The molecule has 48 heavy (non-hydrogen) atoms. The number of carbonyl (C=O) groups excluding carboxylic acids is 1. The highest BCUT2D eigenvalue weighted by Crippen LogP contribution is 2.36. The van der Waals surface area contributed by atoms with Crippen LogP contribution >= 0.6 is 0 Å². The van der Waals surface area contributed by atoms with E-state index >= 15 is 0 Å². The molecule has 3 saturated heterocycles.